The molecule has 0 bridgehead atoms. The predicted octanol–water partition coefficient (Wildman–Crippen LogP) is -0.333. The fraction of sp³-hybridized carbons (Fsp3) is 0.400. The highest BCUT2D eigenvalue weighted by atomic mass is 32.2. The first-order valence-corrected chi connectivity index (χ1v) is 6.92. The van der Waals surface area contributed by atoms with Crippen molar-refractivity contribution in [3.05, 3.63) is 18.3 Å². The summed E-state index contributed by atoms with van der Waals surface area (Å²) in [7, 11) is -3.84. The van der Waals surface area contributed by atoms with Crippen molar-refractivity contribution >= 4 is 21.6 Å². The van der Waals surface area contributed by atoms with Gasteiger partial charge < -0.3 is 11.1 Å². The molecule has 8 heteroatoms. The van der Waals surface area contributed by atoms with Crippen molar-refractivity contribution in [3.63, 3.8) is 0 Å². The highest BCUT2D eigenvalue weighted by Gasteiger charge is 2.20. The number of nitrogens with two attached hydrogens (primary N) is 1. The molecular weight excluding hydrogens is 256 g/mol. The Balaban J connectivity index is 2.96. The predicted molar refractivity (Wildman–Crippen MR) is 67.4 cm³/mol. The fourth-order valence-electron chi connectivity index (χ4n) is 1.23. The first-order valence-electron chi connectivity index (χ1n) is 5.44. The van der Waals surface area contributed by atoms with Gasteiger partial charge >= 0.3 is 0 Å². The van der Waals surface area contributed by atoms with E-state index < -0.39 is 22.5 Å². The molecule has 0 aromatic carbocycles. The van der Waals surface area contributed by atoms with Gasteiger partial charge in [0.05, 0.1) is 12.2 Å². The maximum atomic E-state index is 11.9. The first-order chi connectivity index (χ1) is 8.47. The van der Waals surface area contributed by atoms with Crippen LogP contribution in [0.2, 0.25) is 0 Å². The maximum Gasteiger partial charge on any atom is 0.260 e. The van der Waals surface area contributed by atoms with Gasteiger partial charge in [-0.3, -0.25) is 4.79 Å². The normalized spacial score (nSPS) is 11.2. The van der Waals surface area contributed by atoms with Crippen molar-refractivity contribution in [1.29, 1.82) is 0 Å². The number of anilines is 1. The van der Waals surface area contributed by atoms with E-state index in [0.29, 0.717) is 12.2 Å². The standard InChI is InChI=1S/C10H16N4O3S/c1-2-5-12-8-4-3-6-13-10(8)18(16,17)14-7-9(11)15/h3-4,6,12,14H,2,5,7H2,1H3,(H2,11,15). The Bertz CT molecular complexity index is 516. The second-order valence-corrected chi connectivity index (χ2v) is 5.26. The van der Waals surface area contributed by atoms with E-state index in [1.165, 1.54) is 6.20 Å². The van der Waals surface area contributed by atoms with E-state index >= 15 is 0 Å². The molecule has 1 aromatic rings. The van der Waals surface area contributed by atoms with Crippen molar-refractivity contribution in [2.24, 2.45) is 5.73 Å². The van der Waals surface area contributed by atoms with Gasteiger partial charge in [0.1, 0.15) is 0 Å². The molecule has 0 aliphatic heterocycles. The van der Waals surface area contributed by atoms with E-state index in [4.69, 9.17) is 5.73 Å². The minimum Gasteiger partial charge on any atom is -0.383 e. The van der Waals surface area contributed by atoms with Gasteiger partial charge in [0.15, 0.2) is 5.03 Å². The summed E-state index contributed by atoms with van der Waals surface area (Å²) in [5.41, 5.74) is 5.29. The lowest BCUT2D eigenvalue weighted by Gasteiger charge is -2.10. The van der Waals surface area contributed by atoms with Crippen molar-refractivity contribution < 1.29 is 13.2 Å². The van der Waals surface area contributed by atoms with Crippen LogP contribution >= 0.6 is 0 Å². The Labute approximate surface area is 106 Å². The number of amides is 1. The number of carbonyl (C=O) groups excluding carboxylic acids is 1. The van der Waals surface area contributed by atoms with E-state index in [9.17, 15) is 13.2 Å². The smallest absolute Gasteiger partial charge is 0.260 e. The van der Waals surface area contributed by atoms with Crippen LogP contribution < -0.4 is 15.8 Å². The largest absolute Gasteiger partial charge is 0.383 e. The molecule has 0 aliphatic carbocycles. The average molecular weight is 272 g/mol. The van der Waals surface area contributed by atoms with E-state index in [1.807, 2.05) is 6.92 Å². The lowest BCUT2D eigenvalue weighted by atomic mass is 10.4. The number of hydrogen-bond donors (Lipinski definition) is 3. The zero-order chi connectivity index (χ0) is 13.6. The molecular formula is C10H16N4O3S. The Hall–Kier alpha value is -1.67. The van der Waals surface area contributed by atoms with Crippen LogP contribution in [-0.4, -0.2) is 32.4 Å². The quantitative estimate of drug-likeness (QED) is 0.628. The molecule has 0 saturated heterocycles. The number of primary amides is 1. The summed E-state index contributed by atoms with van der Waals surface area (Å²) in [6.45, 7) is 2.14. The second-order valence-electron chi connectivity index (χ2n) is 3.57. The Morgan fingerprint density at radius 2 is 2.22 bits per heavy atom. The molecule has 0 fully saturated rings. The summed E-state index contributed by atoms with van der Waals surface area (Å²) >= 11 is 0. The van der Waals surface area contributed by atoms with Crippen molar-refractivity contribution in [2.75, 3.05) is 18.4 Å². The highest BCUT2D eigenvalue weighted by molar-refractivity contribution is 7.89. The molecule has 18 heavy (non-hydrogen) atoms. The molecule has 1 aromatic heterocycles. The van der Waals surface area contributed by atoms with Crippen LogP contribution in [0.15, 0.2) is 23.4 Å². The van der Waals surface area contributed by atoms with Crippen LogP contribution in [0.4, 0.5) is 5.69 Å². The molecule has 0 unspecified atom stereocenters. The van der Waals surface area contributed by atoms with E-state index in [1.54, 1.807) is 12.1 Å². The zero-order valence-electron chi connectivity index (χ0n) is 10.0. The summed E-state index contributed by atoms with van der Waals surface area (Å²) in [5, 5.41) is 2.82. The second kappa shape index (κ2) is 6.31. The van der Waals surface area contributed by atoms with Gasteiger partial charge in [0, 0.05) is 12.7 Å². The molecule has 0 aliphatic rings. The first kappa shape index (κ1) is 14.4. The summed E-state index contributed by atoms with van der Waals surface area (Å²) in [5.74, 6) is -0.752. The lowest BCUT2D eigenvalue weighted by Crippen LogP contribution is -2.34. The van der Waals surface area contributed by atoms with Gasteiger partial charge in [-0.25, -0.2) is 18.1 Å². The Morgan fingerprint density at radius 1 is 1.50 bits per heavy atom. The minimum absolute atomic E-state index is 0.139. The fourth-order valence-corrected chi connectivity index (χ4v) is 2.33. The molecule has 7 nitrogen and oxygen atoms in total. The lowest BCUT2D eigenvalue weighted by molar-refractivity contribution is -0.116. The SMILES string of the molecule is CCCNc1cccnc1S(=O)(=O)NCC(N)=O. The van der Waals surface area contributed by atoms with Crippen LogP contribution in [0, 0.1) is 0 Å². The number of carbonyl (C=O) groups is 1. The summed E-state index contributed by atoms with van der Waals surface area (Å²) in [6, 6.07) is 3.24. The van der Waals surface area contributed by atoms with Crippen LogP contribution in [0.25, 0.3) is 0 Å². The van der Waals surface area contributed by atoms with Gasteiger partial charge in [-0.15, -0.1) is 0 Å². The maximum absolute atomic E-state index is 11.9. The number of nitrogens with one attached hydrogen (secondary N) is 2. The topological polar surface area (TPSA) is 114 Å². The summed E-state index contributed by atoms with van der Waals surface area (Å²) < 4.78 is 25.9. The van der Waals surface area contributed by atoms with E-state index in [2.05, 4.69) is 15.0 Å². The molecule has 1 heterocycles. The van der Waals surface area contributed by atoms with Crippen LogP contribution in [0.1, 0.15) is 13.3 Å². The number of nitrogens with zero attached hydrogens (tertiary/aromatic N) is 1. The zero-order valence-corrected chi connectivity index (χ0v) is 10.8. The highest BCUT2D eigenvalue weighted by Crippen LogP contribution is 2.17. The van der Waals surface area contributed by atoms with E-state index in [0.717, 1.165) is 6.42 Å². The van der Waals surface area contributed by atoms with Gasteiger partial charge in [-0.05, 0) is 18.6 Å². The van der Waals surface area contributed by atoms with Crippen molar-refractivity contribution in [3.8, 4) is 0 Å². The van der Waals surface area contributed by atoms with Crippen molar-refractivity contribution in [1.82, 2.24) is 9.71 Å². The number of sulfonamides is 1. The van der Waals surface area contributed by atoms with Crippen LogP contribution in [0.3, 0.4) is 0 Å². The van der Waals surface area contributed by atoms with Gasteiger partial charge in [0.25, 0.3) is 10.0 Å². The van der Waals surface area contributed by atoms with E-state index in [-0.39, 0.29) is 5.03 Å². The minimum atomic E-state index is -3.84. The third kappa shape index (κ3) is 3.97. The molecule has 0 spiro atoms. The number of hydrogen-bond acceptors (Lipinski definition) is 5. The number of pyridine rings is 1. The molecule has 1 rings (SSSR count). The Kier molecular flexibility index (Phi) is 5.05. The molecule has 0 atom stereocenters. The number of aromatic nitrogens is 1. The molecule has 4 N–H and O–H groups in total. The van der Waals surface area contributed by atoms with Gasteiger partial charge in [-0.2, -0.15) is 0 Å². The van der Waals surface area contributed by atoms with Crippen molar-refractivity contribution in [2.45, 2.75) is 18.4 Å². The van der Waals surface area contributed by atoms with Gasteiger partial charge in [-0.1, -0.05) is 6.92 Å². The molecule has 0 radical (unpaired) electrons. The van der Waals surface area contributed by atoms with Crippen LogP contribution in [0.5, 0.6) is 0 Å². The Morgan fingerprint density at radius 3 is 2.83 bits per heavy atom. The monoisotopic (exact) mass is 272 g/mol. The third-order valence-electron chi connectivity index (χ3n) is 2.03. The number of rotatable bonds is 7. The summed E-state index contributed by atoms with van der Waals surface area (Å²) in [4.78, 5) is 14.4. The van der Waals surface area contributed by atoms with Crippen LogP contribution in [-0.2, 0) is 14.8 Å². The van der Waals surface area contributed by atoms with Gasteiger partial charge in [0.2, 0.25) is 5.91 Å². The third-order valence-corrected chi connectivity index (χ3v) is 3.39. The molecule has 100 valence electrons. The summed E-state index contributed by atoms with van der Waals surface area (Å²) in [6.07, 6.45) is 2.22. The average Bonchev–Trinajstić information content (AvgIpc) is 2.34. The molecule has 1 amide bonds. The molecule has 0 saturated carbocycles.